The van der Waals surface area contributed by atoms with Gasteiger partial charge >= 0.3 is 0 Å². The Morgan fingerprint density at radius 3 is 2.00 bits per heavy atom. The van der Waals surface area contributed by atoms with E-state index in [0.29, 0.717) is 5.56 Å². The first-order valence-electron chi connectivity index (χ1n) is 4.37. The van der Waals surface area contributed by atoms with Crippen LogP contribution in [0.2, 0.25) is 0 Å². The summed E-state index contributed by atoms with van der Waals surface area (Å²) in [4.78, 5) is 0. The van der Waals surface area contributed by atoms with Gasteiger partial charge in [-0.3, -0.25) is 0 Å². The molecular weight excluding hydrogens is 188 g/mol. The Bertz CT molecular complexity index is 316. The fraction of sp³-hybridized carbons (Fsp3) is 0.400. The van der Waals surface area contributed by atoms with Crippen molar-refractivity contribution in [3.8, 4) is 5.75 Å². The van der Waals surface area contributed by atoms with Crippen molar-refractivity contribution in [2.75, 3.05) is 0 Å². The van der Waals surface area contributed by atoms with E-state index in [2.05, 4.69) is 0 Å². The van der Waals surface area contributed by atoms with Crippen molar-refractivity contribution in [3.05, 3.63) is 29.3 Å². The second-order valence-electron chi connectivity index (χ2n) is 3.60. The summed E-state index contributed by atoms with van der Waals surface area (Å²) >= 11 is 0. The third-order valence-electron chi connectivity index (χ3n) is 2.14. The minimum Gasteiger partial charge on any atom is -0.503 e. The fourth-order valence-corrected chi connectivity index (χ4v) is 1.16. The minimum absolute atomic E-state index is 0.0818. The quantitative estimate of drug-likeness (QED) is 0.771. The number of benzene rings is 1. The molecule has 0 radical (unpaired) electrons. The van der Waals surface area contributed by atoms with Crippen molar-refractivity contribution in [2.45, 2.75) is 19.9 Å². The van der Waals surface area contributed by atoms with Crippen molar-refractivity contribution in [2.24, 2.45) is 11.7 Å². The first kappa shape index (κ1) is 10.9. The standard InChI is InChI=1S/C10H13F2NO/c1-5(2)9(13)6-3-7(11)10(14)8(12)4-6/h3-5,9,14H,13H2,1-2H3/t9-/m1/s1. The van der Waals surface area contributed by atoms with Crippen LogP contribution in [0, 0.1) is 17.6 Å². The summed E-state index contributed by atoms with van der Waals surface area (Å²) in [5.74, 6) is -2.82. The molecule has 0 amide bonds. The van der Waals surface area contributed by atoms with Crippen molar-refractivity contribution >= 4 is 0 Å². The number of phenols is 1. The molecule has 3 N–H and O–H groups in total. The molecule has 0 aliphatic heterocycles. The highest BCUT2D eigenvalue weighted by molar-refractivity contribution is 5.31. The number of hydrogen-bond donors (Lipinski definition) is 2. The number of phenolic OH excluding ortho intramolecular Hbond substituents is 1. The van der Waals surface area contributed by atoms with Crippen molar-refractivity contribution < 1.29 is 13.9 Å². The van der Waals surface area contributed by atoms with Crippen LogP contribution in [0.25, 0.3) is 0 Å². The molecule has 1 aromatic rings. The van der Waals surface area contributed by atoms with Crippen LogP contribution < -0.4 is 5.73 Å². The van der Waals surface area contributed by atoms with Crippen LogP contribution in [-0.2, 0) is 0 Å². The highest BCUT2D eigenvalue weighted by Gasteiger charge is 2.16. The van der Waals surface area contributed by atoms with E-state index >= 15 is 0 Å². The summed E-state index contributed by atoms with van der Waals surface area (Å²) < 4.78 is 25.8. The second-order valence-corrected chi connectivity index (χ2v) is 3.60. The van der Waals surface area contributed by atoms with Gasteiger partial charge in [0, 0.05) is 6.04 Å². The molecule has 2 nitrogen and oxygen atoms in total. The average molecular weight is 201 g/mol. The Morgan fingerprint density at radius 2 is 1.64 bits per heavy atom. The maximum atomic E-state index is 12.9. The zero-order chi connectivity index (χ0) is 10.9. The fourth-order valence-electron chi connectivity index (χ4n) is 1.16. The highest BCUT2D eigenvalue weighted by Crippen LogP contribution is 2.26. The molecule has 0 aromatic heterocycles. The van der Waals surface area contributed by atoms with Gasteiger partial charge in [0.05, 0.1) is 0 Å². The Labute approximate surface area is 81.4 Å². The molecule has 1 atom stereocenters. The molecule has 0 unspecified atom stereocenters. The van der Waals surface area contributed by atoms with Gasteiger partial charge in [0.15, 0.2) is 17.4 Å². The molecule has 0 saturated carbocycles. The summed E-state index contributed by atoms with van der Waals surface area (Å²) in [5.41, 5.74) is 6.07. The maximum absolute atomic E-state index is 12.9. The van der Waals surface area contributed by atoms with Crippen LogP contribution in [0.15, 0.2) is 12.1 Å². The first-order chi connectivity index (χ1) is 6.43. The van der Waals surface area contributed by atoms with Crippen molar-refractivity contribution in [1.29, 1.82) is 0 Å². The predicted molar refractivity (Wildman–Crippen MR) is 49.8 cm³/mol. The molecule has 14 heavy (non-hydrogen) atoms. The average Bonchev–Trinajstić information content (AvgIpc) is 2.12. The summed E-state index contributed by atoms with van der Waals surface area (Å²) in [6, 6.07) is 1.69. The van der Waals surface area contributed by atoms with Gasteiger partial charge in [0.25, 0.3) is 0 Å². The highest BCUT2D eigenvalue weighted by atomic mass is 19.1. The van der Waals surface area contributed by atoms with E-state index in [-0.39, 0.29) is 5.92 Å². The molecule has 1 rings (SSSR count). The zero-order valence-corrected chi connectivity index (χ0v) is 8.09. The first-order valence-corrected chi connectivity index (χ1v) is 4.37. The second kappa shape index (κ2) is 3.92. The Morgan fingerprint density at radius 1 is 1.21 bits per heavy atom. The number of aromatic hydroxyl groups is 1. The van der Waals surface area contributed by atoms with Gasteiger partial charge in [-0.2, -0.15) is 0 Å². The van der Waals surface area contributed by atoms with Gasteiger partial charge in [-0.05, 0) is 23.6 Å². The number of halogens is 2. The van der Waals surface area contributed by atoms with Crippen LogP contribution >= 0.6 is 0 Å². The van der Waals surface area contributed by atoms with E-state index in [1.54, 1.807) is 0 Å². The Hall–Kier alpha value is -1.16. The van der Waals surface area contributed by atoms with Crippen LogP contribution in [0.4, 0.5) is 8.78 Å². The normalized spacial score (nSPS) is 13.3. The van der Waals surface area contributed by atoms with Gasteiger partial charge < -0.3 is 10.8 Å². The van der Waals surface area contributed by atoms with Crippen molar-refractivity contribution in [1.82, 2.24) is 0 Å². The van der Waals surface area contributed by atoms with Gasteiger partial charge in [-0.1, -0.05) is 13.8 Å². The Kier molecular flexibility index (Phi) is 3.06. The molecule has 0 bridgehead atoms. The smallest absolute Gasteiger partial charge is 0.187 e. The lowest BCUT2D eigenvalue weighted by Gasteiger charge is -2.16. The monoisotopic (exact) mass is 201 g/mol. The summed E-state index contributed by atoms with van der Waals surface area (Å²) in [6.07, 6.45) is 0. The van der Waals surface area contributed by atoms with Gasteiger partial charge in [0.1, 0.15) is 0 Å². The van der Waals surface area contributed by atoms with E-state index in [4.69, 9.17) is 10.8 Å². The van der Waals surface area contributed by atoms with Gasteiger partial charge in [0.2, 0.25) is 0 Å². The number of nitrogens with two attached hydrogens (primary N) is 1. The summed E-state index contributed by atoms with van der Waals surface area (Å²) in [7, 11) is 0. The summed E-state index contributed by atoms with van der Waals surface area (Å²) in [5, 5.41) is 8.86. The lowest BCUT2D eigenvalue weighted by molar-refractivity contribution is 0.392. The molecule has 0 fully saturated rings. The SMILES string of the molecule is CC(C)[C@@H](N)c1cc(F)c(O)c(F)c1. The van der Waals surface area contributed by atoms with E-state index in [1.807, 2.05) is 13.8 Å². The third-order valence-corrected chi connectivity index (χ3v) is 2.14. The maximum Gasteiger partial charge on any atom is 0.187 e. The van der Waals surface area contributed by atoms with E-state index in [9.17, 15) is 8.78 Å². The molecule has 0 saturated heterocycles. The van der Waals surface area contributed by atoms with E-state index in [1.165, 1.54) is 0 Å². The van der Waals surface area contributed by atoms with Crippen molar-refractivity contribution in [3.63, 3.8) is 0 Å². The molecular formula is C10H13F2NO. The third kappa shape index (κ3) is 2.01. The molecule has 1 aromatic carbocycles. The molecule has 0 aliphatic rings. The minimum atomic E-state index is -0.976. The van der Waals surface area contributed by atoms with Gasteiger partial charge in [-0.25, -0.2) is 8.78 Å². The van der Waals surface area contributed by atoms with E-state index < -0.39 is 23.4 Å². The lowest BCUT2D eigenvalue weighted by Crippen LogP contribution is -2.17. The molecule has 0 aliphatic carbocycles. The largest absolute Gasteiger partial charge is 0.503 e. The van der Waals surface area contributed by atoms with Crippen LogP contribution in [0.5, 0.6) is 5.75 Å². The molecule has 0 heterocycles. The number of rotatable bonds is 2. The Balaban J connectivity index is 3.12. The van der Waals surface area contributed by atoms with Crippen LogP contribution in [0.1, 0.15) is 25.5 Å². The molecule has 0 spiro atoms. The summed E-state index contributed by atoms with van der Waals surface area (Å²) in [6.45, 7) is 3.71. The zero-order valence-electron chi connectivity index (χ0n) is 8.09. The predicted octanol–water partition coefficient (Wildman–Crippen LogP) is 2.33. The lowest BCUT2D eigenvalue weighted by atomic mass is 9.97. The van der Waals surface area contributed by atoms with Crippen LogP contribution in [-0.4, -0.2) is 5.11 Å². The molecule has 4 heteroatoms. The van der Waals surface area contributed by atoms with Crippen LogP contribution in [0.3, 0.4) is 0 Å². The topological polar surface area (TPSA) is 46.2 Å². The number of hydrogen-bond acceptors (Lipinski definition) is 2. The van der Waals surface area contributed by atoms with Gasteiger partial charge in [-0.15, -0.1) is 0 Å². The van der Waals surface area contributed by atoms with E-state index in [0.717, 1.165) is 12.1 Å². The molecule has 78 valence electrons.